The third-order valence-corrected chi connectivity index (χ3v) is 3.12. The zero-order chi connectivity index (χ0) is 13.2. The number of carboxylic acid groups (broad SMARTS) is 1. The van der Waals surface area contributed by atoms with Crippen LogP contribution in [0.4, 0.5) is 10.5 Å². The van der Waals surface area contributed by atoms with Gasteiger partial charge in [0.2, 0.25) is 0 Å². The molecule has 6 nitrogen and oxygen atoms in total. The molecular weight excluding hydrogens is 234 g/mol. The maximum absolute atomic E-state index is 11.7. The van der Waals surface area contributed by atoms with E-state index in [2.05, 4.69) is 15.6 Å². The van der Waals surface area contributed by atoms with Gasteiger partial charge in [0.05, 0.1) is 17.4 Å². The van der Waals surface area contributed by atoms with Crippen LogP contribution in [0.15, 0.2) is 18.5 Å². The number of rotatable bonds is 3. The van der Waals surface area contributed by atoms with Crippen LogP contribution in [0.5, 0.6) is 0 Å². The van der Waals surface area contributed by atoms with Crippen LogP contribution >= 0.6 is 0 Å². The summed E-state index contributed by atoms with van der Waals surface area (Å²) in [5.41, 5.74) is 0.278. The summed E-state index contributed by atoms with van der Waals surface area (Å²) in [5, 5.41) is 14.3. The lowest BCUT2D eigenvalue weighted by atomic mass is 9.79. The molecule has 0 aliphatic heterocycles. The van der Waals surface area contributed by atoms with Gasteiger partial charge >= 0.3 is 12.0 Å². The molecule has 1 fully saturated rings. The first-order valence-electron chi connectivity index (χ1n) is 5.76. The van der Waals surface area contributed by atoms with E-state index >= 15 is 0 Å². The smallest absolute Gasteiger partial charge is 0.337 e. The van der Waals surface area contributed by atoms with Crippen LogP contribution < -0.4 is 10.6 Å². The molecule has 1 saturated carbocycles. The maximum Gasteiger partial charge on any atom is 0.337 e. The predicted octanol–water partition coefficient (Wildman–Crippen LogP) is 1.84. The van der Waals surface area contributed by atoms with Crippen molar-refractivity contribution in [2.75, 3.05) is 5.32 Å². The van der Waals surface area contributed by atoms with E-state index in [1.54, 1.807) is 0 Å². The van der Waals surface area contributed by atoms with Crippen LogP contribution in [0, 0.1) is 0 Å². The van der Waals surface area contributed by atoms with E-state index in [4.69, 9.17) is 5.11 Å². The molecule has 0 bridgehead atoms. The summed E-state index contributed by atoms with van der Waals surface area (Å²) in [6.07, 6.45) is 5.70. The lowest BCUT2D eigenvalue weighted by Crippen LogP contribution is -2.52. The molecule has 3 N–H and O–H groups in total. The number of nitrogens with zero attached hydrogens (tertiary/aromatic N) is 1. The highest BCUT2D eigenvalue weighted by atomic mass is 16.4. The topological polar surface area (TPSA) is 91.3 Å². The SMILES string of the molecule is CC1(NC(=O)Nc2cncc(C(=O)O)c2)CCC1. The van der Waals surface area contributed by atoms with E-state index in [0.29, 0.717) is 5.69 Å². The number of carbonyl (C=O) groups is 2. The van der Waals surface area contributed by atoms with Crippen molar-refractivity contribution in [3.63, 3.8) is 0 Å². The van der Waals surface area contributed by atoms with Crippen molar-refractivity contribution in [1.82, 2.24) is 10.3 Å². The number of hydrogen-bond donors (Lipinski definition) is 3. The fourth-order valence-corrected chi connectivity index (χ4v) is 1.89. The number of pyridine rings is 1. The van der Waals surface area contributed by atoms with Gasteiger partial charge in [-0.15, -0.1) is 0 Å². The van der Waals surface area contributed by atoms with Gasteiger partial charge in [0.1, 0.15) is 0 Å². The predicted molar refractivity (Wildman–Crippen MR) is 65.6 cm³/mol. The Morgan fingerprint density at radius 1 is 1.39 bits per heavy atom. The molecule has 0 atom stereocenters. The summed E-state index contributed by atoms with van der Waals surface area (Å²) in [6, 6.07) is 1.04. The molecule has 1 aromatic rings. The number of urea groups is 1. The van der Waals surface area contributed by atoms with Crippen LogP contribution in [0.3, 0.4) is 0 Å². The average molecular weight is 249 g/mol. The summed E-state index contributed by atoms with van der Waals surface area (Å²) < 4.78 is 0. The second-order valence-electron chi connectivity index (χ2n) is 4.76. The molecule has 0 radical (unpaired) electrons. The second kappa shape index (κ2) is 4.64. The van der Waals surface area contributed by atoms with Gasteiger partial charge in [-0.2, -0.15) is 0 Å². The van der Waals surface area contributed by atoms with Crippen molar-refractivity contribution >= 4 is 17.7 Å². The molecule has 0 spiro atoms. The minimum absolute atomic E-state index is 0.0441. The van der Waals surface area contributed by atoms with Gasteiger partial charge in [-0.3, -0.25) is 4.98 Å². The monoisotopic (exact) mass is 249 g/mol. The maximum atomic E-state index is 11.7. The Bertz CT molecular complexity index is 483. The Morgan fingerprint density at radius 3 is 2.67 bits per heavy atom. The highest BCUT2D eigenvalue weighted by Gasteiger charge is 2.33. The van der Waals surface area contributed by atoms with E-state index in [-0.39, 0.29) is 17.1 Å². The first-order chi connectivity index (χ1) is 8.48. The number of aromatic carboxylic acids is 1. The number of anilines is 1. The molecular formula is C12H15N3O3. The Labute approximate surface area is 104 Å². The molecule has 0 saturated heterocycles. The molecule has 0 unspecified atom stereocenters. The van der Waals surface area contributed by atoms with E-state index in [1.807, 2.05) is 6.92 Å². The summed E-state index contributed by atoms with van der Waals surface area (Å²) in [7, 11) is 0. The number of hydrogen-bond acceptors (Lipinski definition) is 3. The van der Waals surface area contributed by atoms with E-state index in [0.717, 1.165) is 19.3 Å². The molecule has 6 heteroatoms. The first kappa shape index (κ1) is 12.3. The Hall–Kier alpha value is -2.11. The van der Waals surface area contributed by atoms with Crippen LogP contribution in [-0.4, -0.2) is 27.6 Å². The van der Waals surface area contributed by atoms with Gasteiger partial charge in [0.25, 0.3) is 0 Å². The van der Waals surface area contributed by atoms with E-state index < -0.39 is 5.97 Å². The van der Waals surface area contributed by atoms with E-state index in [9.17, 15) is 9.59 Å². The minimum atomic E-state index is -1.07. The zero-order valence-corrected chi connectivity index (χ0v) is 10.1. The van der Waals surface area contributed by atoms with Crippen LogP contribution in [0.2, 0.25) is 0 Å². The molecule has 2 rings (SSSR count). The fourth-order valence-electron chi connectivity index (χ4n) is 1.89. The summed E-state index contributed by atoms with van der Waals surface area (Å²) in [4.78, 5) is 26.2. The highest BCUT2D eigenvalue weighted by Crippen LogP contribution is 2.30. The van der Waals surface area contributed by atoms with Crippen molar-refractivity contribution in [3.8, 4) is 0 Å². The number of carbonyl (C=O) groups excluding carboxylic acids is 1. The molecule has 1 aliphatic carbocycles. The fraction of sp³-hybridized carbons (Fsp3) is 0.417. The largest absolute Gasteiger partial charge is 0.478 e. The number of carboxylic acids is 1. The van der Waals surface area contributed by atoms with Crippen molar-refractivity contribution in [1.29, 1.82) is 0 Å². The normalized spacial score (nSPS) is 16.5. The molecule has 2 amide bonds. The molecule has 96 valence electrons. The van der Waals surface area contributed by atoms with Crippen molar-refractivity contribution in [2.45, 2.75) is 31.7 Å². The standard InChI is InChI=1S/C12H15N3O3/c1-12(3-2-4-12)15-11(18)14-9-5-8(10(16)17)6-13-7-9/h5-7H,2-4H2,1H3,(H,16,17)(H2,14,15,18). The summed E-state index contributed by atoms with van der Waals surface area (Å²) in [6.45, 7) is 1.99. The van der Waals surface area contributed by atoms with Crippen LogP contribution in [-0.2, 0) is 0 Å². The number of aromatic nitrogens is 1. The second-order valence-corrected chi connectivity index (χ2v) is 4.76. The summed E-state index contributed by atoms with van der Waals surface area (Å²) in [5.74, 6) is -1.07. The van der Waals surface area contributed by atoms with Gasteiger partial charge in [-0.05, 0) is 32.3 Å². The molecule has 1 heterocycles. The third kappa shape index (κ3) is 2.77. The average Bonchev–Trinajstić information content (AvgIpc) is 2.27. The number of nitrogens with one attached hydrogen (secondary N) is 2. The Morgan fingerprint density at radius 2 is 2.11 bits per heavy atom. The molecule has 0 aromatic carbocycles. The molecule has 1 aliphatic rings. The molecule has 1 aromatic heterocycles. The lowest BCUT2D eigenvalue weighted by molar-refractivity contribution is 0.0696. The molecule has 18 heavy (non-hydrogen) atoms. The summed E-state index contributed by atoms with van der Waals surface area (Å²) >= 11 is 0. The minimum Gasteiger partial charge on any atom is -0.478 e. The van der Waals surface area contributed by atoms with Crippen molar-refractivity contribution in [3.05, 3.63) is 24.0 Å². The quantitative estimate of drug-likeness (QED) is 0.762. The van der Waals surface area contributed by atoms with Gasteiger partial charge < -0.3 is 15.7 Å². The number of amides is 2. The van der Waals surface area contributed by atoms with Crippen LogP contribution in [0.1, 0.15) is 36.5 Å². The van der Waals surface area contributed by atoms with Gasteiger partial charge in [0.15, 0.2) is 0 Å². The van der Waals surface area contributed by atoms with Gasteiger partial charge in [-0.25, -0.2) is 9.59 Å². The van der Waals surface area contributed by atoms with Crippen molar-refractivity contribution in [2.24, 2.45) is 0 Å². The Balaban J connectivity index is 1.98. The van der Waals surface area contributed by atoms with Crippen molar-refractivity contribution < 1.29 is 14.7 Å². The van der Waals surface area contributed by atoms with Crippen LogP contribution in [0.25, 0.3) is 0 Å². The third-order valence-electron chi connectivity index (χ3n) is 3.12. The lowest BCUT2D eigenvalue weighted by Gasteiger charge is -2.38. The Kier molecular flexibility index (Phi) is 3.18. The van der Waals surface area contributed by atoms with Gasteiger partial charge in [-0.1, -0.05) is 0 Å². The first-order valence-corrected chi connectivity index (χ1v) is 5.76. The highest BCUT2D eigenvalue weighted by molar-refractivity contribution is 5.92. The van der Waals surface area contributed by atoms with E-state index in [1.165, 1.54) is 18.5 Å². The zero-order valence-electron chi connectivity index (χ0n) is 10.1. The van der Waals surface area contributed by atoms with Gasteiger partial charge in [0, 0.05) is 11.7 Å².